The third-order valence-corrected chi connectivity index (χ3v) is 4.56. The number of aromatic nitrogens is 1. The van der Waals surface area contributed by atoms with Crippen LogP contribution >= 0.6 is 36.4 Å². The Labute approximate surface area is 182 Å². The lowest BCUT2D eigenvalue weighted by Gasteiger charge is -2.20. The van der Waals surface area contributed by atoms with Gasteiger partial charge in [0.2, 0.25) is 0 Å². The van der Waals surface area contributed by atoms with Gasteiger partial charge in [-0.05, 0) is 49.0 Å². The summed E-state index contributed by atoms with van der Waals surface area (Å²) in [7, 11) is 0. The monoisotopic (exact) mass is 443 g/mol. The summed E-state index contributed by atoms with van der Waals surface area (Å²) >= 11 is 6.05. The van der Waals surface area contributed by atoms with Crippen LogP contribution in [0.5, 0.6) is 5.75 Å². The molecule has 28 heavy (non-hydrogen) atoms. The molecule has 2 aromatic carbocycles. The Morgan fingerprint density at radius 2 is 1.89 bits per heavy atom. The Morgan fingerprint density at radius 1 is 1.11 bits per heavy atom. The number of aromatic hydroxyl groups is 1. The van der Waals surface area contributed by atoms with Crippen LogP contribution in [0.1, 0.15) is 12.5 Å². The third-order valence-electron chi connectivity index (χ3n) is 4.32. The van der Waals surface area contributed by atoms with Crippen LogP contribution in [0, 0.1) is 0 Å². The molecule has 3 aromatic rings. The number of hydrogen-bond donors (Lipinski definition) is 3. The Balaban J connectivity index is 0.00000196. The lowest BCUT2D eigenvalue weighted by Crippen LogP contribution is -2.26. The number of hydrogen-bond acceptors (Lipinski definition) is 5. The maximum Gasteiger partial charge on any atom is 0.120 e. The summed E-state index contributed by atoms with van der Waals surface area (Å²) in [5, 5.41) is 24.3. The van der Waals surface area contributed by atoms with Crippen molar-refractivity contribution in [1.82, 2.24) is 9.88 Å². The van der Waals surface area contributed by atoms with Crippen molar-refractivity contribution < 1.29 is 10.2 Å². The number of nitrogens with zero attached hydrogens (tertiary/aromatic N) is 2. The smallest absolute Gasteiger partial charge is 0.120 e. The number of anilines is 2. The molecule has 8 heteroatoms. The van der Waals surface area contributed by atoms with Crippen LogP contribution in [0.15, 0.2) is 48.7 Å². The molecule has 3 N–H and O–H groups in total. The van der Waals surface area contributed by atoms with E-state index in [-0.39, 0.29) is 37.2 Å². The fourth-order valence-electron chi connectivity index (χ4n) is 2.91. The summed E-state index contributed by atoms with van der Waals surface area (Å²) in [6, 6.07) is 13.0. The number of fused-ring (bicyclic) bond motifs is 1. The summed E-state index contributed by atoms with van der Waals surface area (Å²) in [5.74, 6) is 0.248. The number of nitrogens with one attached hydrogen (secondary N) is 1. The molecular formula is C20H24Cl3N3O2. The highest BCUT2D eigenvalue weighted by Crippen LogP contribution is 2.29. The predicted molar refractivity (Wildman–Crippen MR) is 121 cm³/mol. The Morgan fingerprint density at radius 3 is 2.61 bits per heavy atom. The van der Waals surface area contributed by atoms with E-state index in [0.717, 1.165) is 34.4 Å². The van der Waals surface area contributed by atoms with Crippen LogP contribution in [-0.2, 0) is 6.54 Å². The first-order chi connectivity index (χ1) is 12.6. The van der Waals surface area contributed by atoms with Crippen LogP contribution in [0.25, 0.3) is 10.9 Å². The second kappa shape index (κ2) is 11.3. The van der Waals surface area contributed by atoms with Crippen molar-refractivity contribution in [3.63, 3.8) is 0 Å². The summed E-state index contributed by atoms with van der Waals surface area (Å²) in [4.78, 5) is 6.42. The second-order valence-corrected chi connectivity index (χ2v) is 6.52. The first kappa shape index (κ1) is 24.3. The van der Waals surface area contributed by atoms with Crippen molar-refractivity contribution >= 4 is 58.7 Å². The van der Waals surface area contributed by atoms with Gasteiger partial charge in [-0.3, -0.25) is 9.88 Å². The van der Waals surface area contributed by atoms with Crippen molar-refractivity contribution in [3.05, 3.63) is 59.2 Å². The van der Waals surface area contributed by atoms with Gasteiger partial charge in [0.25, 0.3) is 0 Å². The minimum absolute atomic E-state index is 0. The predicted octanol–water partition coefficient (Wildman–Crippen LogP) is 5.00. The average molecular weight is 445 g/mol. The number of likely N-dealkylation sites (N-methyl/N-ethyl adjacent to an activating group) is 1. The average Bonchev–Trinajstić information content (AvgIpc) is 2.64. The molecule has 0 aliphatic heterocycles. The molecular weight excluding hydrogens is 421 g/mol. The molecule has 3 rings (SSSR count). The number of benzene rings is 2. The van der Waals surface area contributed by atoms with E-state index in [9.17, 15) is 5.11 Å². The fourth-order valence-corrected chi connectivity index (χ4v) is 3.07. The first-order valence-electron chi connectivity index (χ1n) is 8.57. The van der Waals surface area contributed by atoms with Crippen LogP contribution in [-0.4, -0.2) is 39.8 Å². The van der Waals surface area contributed by atoms with Crippen molar-refractivity contribution in [1.29, 1.82) is 0 Å². The lowest BCUT2D eigenvalue weighted by atomic mass is 10.1. The number of halogens is 3. The normalized spacial score (nSPS) is 10.4. The van der Waals surface area contributed by atoms with Crippen LogP contribution in [0.4, 0.5) is 11.4 Å². The van der Waals surface area contributed by atoms with Gasteiger partial charge in [-0.2, -0.15) is 0 Å². The molecule has 5 nitrogen and oxygen atoms in total. The summed E-state index contributed by atoms with van der Waals surface area (Å²) in [6.07, 6.45) is 1.74. The number of pyridine rings is 1. The van der Waals surface area contributed by atoms with Gasteiger partial charge in [-0.15, -0.1) is 24.8 Å². The van der Waals surface area contributed by atoms with E-state index in [1.165, 1.54) is 0 Å². The van der Waals surface area contributed by atoms with Gasteiger partial charge in [0.05, 0.1) is 12.1 Å². The minimum atomic E-state index is 0. The molecule has 0 saturated heterocycles. The number of rotatable bonds is 7. The molecule has 0 spiro atoms. The van der Waals surface area contributed by atoms with Gasteiger partial charge in [-0.1, -0.05) is 18.5 Å². The van der Waals surface area contributed by atoms with Crippen molar-refractivity contribution in [3.8, 4) is 5.75 Å². The summed E-state index contributed by atoms with van der Waals surface area (Å²) in [5.41, 5.74) is 3.43. The molecule has 0 atom stereocenters. The molecule has 0 saturated carbocycles. The Kier molecular flexibility index (Phi) is 9.79. The standard InChI is InChI=1S/C20H22ClN3O2.2ClH/c1-2-24(9-10-25)13-14-11-16(4-6-20(14)26)23-18-7-8-22-19-12-15(21)3-5-17(18)19;;/h3-8,11-12,25-26H,2,9-10,13H2,1H3,(H,22,23);2*1H. The number of phenolic OH excluding ortho intramolecular Hbond substituents is 1. The highest BCUT2D eigenvalue weighted by atomic mass is 35.5. The molecule has 0 amide bonds. The Hall–Kier alpha value is -1.76. The lowest BCUT2D eigenvalue weighted by molar-refractivity contribution is 0.195. The van der Waals surface area contributed by atoms with E-state index in [1.807, 2.05) is 43.3 Å². The number of phenols is 1. The molecule has 0 radical (unpaired) electrons. The van der Waals surface area contributed by atoms with E-state index in [4.69, 9.17) is 16.7 Å². The van der Waals surface area contributed by atoms with E-state index >= 15 is 0 Å². The number of aliphatic hydroxyl groups is 1. The SMILES string of the molecule is CCN(CCO)Cc1cc(Nc2ccnc3cc(Cl)ccc23)ccc1O.Cl.Cl. The molecule has 0 aliphatic carbocycles. The van der Waals surface area contributed by atoms with Crippen LogP contribution in [0.3, 0.4) is 0 Å². The summed E-state index contributed by atoms with van der Waals surface area (Å²) < 4.78 is 0. The molecule has 1 heterocycles. The Bertz CT molecular complexity index is 909. The van der Waals surface area contributed by atoms with E-state index in [1.54, 1.807) is 12.3 Å². The molecule has 152 valence electrons. The highest BCUT2D eigenvalue weighted by Gasteiger charge is 2.09. The van der Waals surface area contributed by atoms with Gasteiger partial charge >= 0.3 is 0 Å². The van der Waals surface area contributed by atoms with Crippen molar-refractivity contribution in [2.45, 2.75) is 13.5 Å². The molecule has 0 unspecified atom stereocenters. The van der Waals surface area contributed by atoms with E-state index < -0.39 is 0 Å². The minimum Gasteiger partial charge on any atom is -0.508 e. The zero-order valence-corrected chi connectivity index (χ0v) is 17.8. The quantitative estimate of drug-likeness (QED) is 0.448. The van der Waals surface area contributed by atoms with Gasteiger partial charge in [0.15, 0.2) is 0 Å². The fraction of sp³-hybridized carbons (Fsp3) is 0.250. The largest absolute Gasteiger partial charge is 0.508 e. The van der Waals surface area contributed by atoms with Crippen molar-refractivity contribution in [2.24, 2.45) is 0 Å². The topological polar surface area (TPSA) is 68.6 Å². The molecule has 0 fully saturated rings. The van der Waals surface area contributed by atoms with Crippen molar-refractivity contribution in [2.75, 3.05) is 25.0 Å². The van der Waals surface area contributed by atoms with E-state index in [2.05, 4.69) is 15.2 Å². The molecule has 0 bridgehead atoms. The zero-order chi connectivity index (χ0) is 18.5. The van der Waals surface area contributed by atoms with Crippen LogP contribution < -0.4 is 5.32 Å². The van der Waals surface area contributed by atoms with E-state index in [0.29, 0.717) is 18.1 Å². The van der Waals surface area contributed by atoms with Gasteiger partial charge in [0.1, 0.15) is 5.75 Å². The highest BCUT2D eigenvalue weighted by molar-refractivity contribution is 6.31. The molecule has 1 aromatic heterocycles. The second-order valence-electron chi connectivity index (χ2n) is 6.08. The van der Waals surface area contributed by atoms with Gasteiger partial charge < -0.3 is 15.5 Å². The number of aliphatic hydroxyl groups excluding tert-OH is 1. The van der Waals surface area contributed by atoms with Gasteiger partial charge in [-0.25, -0.2) is 0 Å². The van der Waals surface area contributed by atoms with Gasteiger partial charge in [0, 0.05) is 46.6 Å². The maximum atomic E-state index is 10.2. The maximum absolute atomic E-state index is 10.2. The van der Waals surface area contributed by atoms with Crippen LogP contribution in [0.2, 0.25) is 5.02 Å². The molecule has 0 aliphatic rings. The zero-order valence-electron chi connectivity index (χ0n) is 15.4. The summed E-state index contributed by atoms with van der Waals surface area (Å²) in [6.45, 7) is 4.07. The third kappa shape index (κ3) is 5.87. The first-order valence-corrected chi connectivity index (χ1v) is 8.95.